The Balaban J connectivity index is 1.68. The van der Waals surface area contributed by atoms with Gasteiger partial charge < -0.3 is 9.80 Å². The van der Waals surface area contributed by atoms with Crippen molar-refractivity contribution in [3.05, 3.63) is 24.3 Å². The van der Waals surface area contributed by atoms with Gasteiger partial charge in [-0.05, 0) is 38.3 Å². The van der Waals surface area contributed by atoms with Crippen LogP contribution in [0.1, 0.15) is 26.2 Å². The van der Waals surface area contributed by atoms with E-state index in [2.05, 4.69) is 52.5 Å². The number of nitrogens with one attached hydrogen (secondary N) is 1. The van der Waals surface area contributed by atoms with Gasteiger partial charge in [-0.1, -0.05) is 12.1 Å². The summed E-state index contributed by atoms with van der Waals surface area (Å²) in [6.45, 7) is 5.02. The number of nitrogens with zero attached hydrogens (tertiary/aromatic N) is 3. The standard InChI is InChI=1S/C17H24N4/c1-17(13-18,19-14-7-8-14)9-10-21-12-11-20(2)15-5-3-4-6-16(15)21/h3-6,14,19H,7-12H2,1-2H3. The van der Waals surface area contributed by atoms with Crippen molar-refractivity contribution in [3.63, 3.8) is 0 Å². The van der Waals surface area contributed by atoms with E-state index in [1.54, 1.807) is 0 Å². The Bertz CT molecular complexity index is 546. The summed E-state index contributed by atoms with van der Waals surface area (Å²) in [4.78, 5) is 4.72. The zero-order valence-corrected chi connectivity index (χ0v) is 13.0. The average Bonchev–Trinajstić information content (AvgIpc) is 3.31. The molecule has 1 aliphatic heterocycles. The third-order valence-electron chi connectivity index (χ3n) is 4.57. The number of fused-ring (bicyclic) bond motifs is 1. The lowest BCUT2D eigenvalue weighted by atomic mass is 9.98. The van der Waals surface area contributed by atoms with Crippen LogP contribution in [-0.2, 0) is 0 Å². The molecule has 1 saturated carbocycles. The molecular formula is C17H24N4. The van der Waals surface area contributed by atoms with Crippen LogP contribution in [-0.4, -0.2) is 38.3 Å². The van der Waals surface area contributed by atoms with Crippen molar-refractivity contribution < 1.29 is 0 Å². The molecule has 0 amide bonds. The smallest absolute Gasteiger partial charge is 0.105 e. The van der Waals surface area contributed by atoms with Crippen LogP contribution in [0.5, 0.6) is 0 Å². The normalized spacial score (nSPS) is 20.6. The van der Waals surface area contributed by atoms with E-state index in [9.17, 15) is 5.26 Å². The SMILES string of the molecule is CN1CCN(CCC(C)(C#N)NC2CC2)c2ccccc21. The second-order valence-electron chi connectivity index (χ2n) is 6.51. The molecule has 1 fully saturated rings. The van der Waals surface area contributed by atoms with Gasteiger partial charge in [0.15, 0.2) is 0 Å². The minimum absolute atomic E-state index is 0.403. The molecule has 1 aromatic rings. The first-order valence-corrected chi connectivity index (χ1v) is 7.85. The van der Waals surface area contributed by atoms with E-state index in [4.69, 9.17) is 0 Å². The molecule has 0 saturated heterocycles. The summed E-state index contributed by atoms with van der Waals surface area (Å²) in [6, 6.07) is 11.6. The summed E-state index contributed by atoms with van der Waals surface area (Å²) >= 11 is 0. The molecule has 1 unspecified atom stereocenters. The van der Waals surface area contributed by atoms with Crippen molar-refractivity contribution in [3.8, 4) is 6.07 Å². The highest BCUT2D eigenvalue weighted by Crippen LogP contribution is 2.32. The van der Waals surface area contributed by atoms with E-state index in [0.29, 0.717) is 6.04 Å². The Morgan fingerprint density at radius 3 is 2.67 bits per heavy atom. The molecule has 2 aliphatic rings. The van der Waals surface area contributed by atoms with Crippen LogP contribution in [0.3, 0.4) is 0 Å². The number of rotatable bonds is 5. The molecule has 1 N–H and O–H groups in total. The lowest BCUT2D eigenvalue weighted by Crippen LogP contribution is -2.47. The Labute approximate surface area is 127 Å². The van der Waals surface area contributed by atoms with Gasteiger partial charge >= 0.3 is 0 Å². The largest absolute Gasteiger partial charge is 0.371 e. The van der Waals surface area contributed by atoms with Gasteiger partial charge in [-0.2, -0.15) is 5.26 Å². The molecule has 1 heterocycles. The predicted molar refractivity (Wildman–Crippen MR) is 86.7 cm³/mol. The molecule has 1 aromatic carbocycles. The number of likely N-dealkylation sites (N-methyl/N-ethyl adjacent to an activating group) is 1. The summed E-state index contributed by atoms with van der Waals surface area (Å²) in [6.07, 6.45) is 3.29. The number of benzene rings is 1. The van der Waals surface area contributed by atoms with E-state index in [0.717, 1.165) is 26.1 Å². The Morgan fingerprint density at radius 2 is 2.00 bits per heavy atom. The highest BCUT2D eigenvalue weighted by molar-refractivity contribution is 5.73. The Kier molecular flexibility index (Phi) is 3.77. The summed E-state index contributed by atoms with van der Waals surface area (Å²) in [5, 5.41) is 13.0. The van der Waals surface area contributed by atoms with Gasteiger partial charge in [0.2, 0.25) is 0 Å². The zero-order valence-electron chi connectivity index (χ0n) is 13.0. The van der Waals surface area contributed by atoms with Crippen LogP contribution in [0, 0.1) is 11.3 Å². The first-order valence-electron chi connectivity index (χ1n) is 7.85. The molecule has 0 spiro atoms. The molecule has 1 atom stereocenters. The van der Waals surface area contributed by atoms with Gasteiger partial charge in [-0.3, -0.25) is 5.32 Å². The summed E-state index contributed by atoms with van der Waals surface area (Å²) in [7, 11) is 2.14. The molecule has 4 heteroatoms. The van der Waals surface area contributed by atoms with Crippen LogP contribution >= 0.6 is 0 Å². The van der Waals surface area contributed by atoms with Crippen molar-refractivity contribution >= 4 is 11.4 Å². The van der Waals surface area contributed by atoms with Crippen molar-refractivity contribution in [1.29, 1.82) is 5.26 Å². The van der Waals surface area contributed by atoms with Crippen molar-refractivity contribution in [2.45, 2.75) is 37.8 Å². The maximum Gasteiger partial charge on any atom is 0.105 e. The van der Waals surface area contributed by atoms with Crippen molar-refractivity contribution in [2.24, 2.45) is 0 Å². The monoisotopic (exact) mass is 284 g/mol. The average molecular weight is 284 g/mol. The summed E-state index contributed by atoms with van der Waals surface area (Å²) in [5.74, 6) is 0. The molecule has 112 valence electrons. The van der Waals surface area contributed by atoms with Crippen LogP contribution in [0.4, 0.5) is 11.4 Å². The number of nitriles is 1. The van der Waals surface area contributed by atoms with E-state index in [1.807, 2.05) is 6.92 Å². The molecule has 21 heavy (non-hydrogen) atoms. The van der Waals surface area contributed by atoms with Gasteiger partial charge in [0, 0.05) is 32.7 Å². The van der Waals surface area contributed by atoms with Crippen LogP contribution in [0.15, 0.2) is 24.3 Å². The summed E-state index contributed by atoms with van der Waals surface area (Å²) in [5.41, 5.74) is 2.18. The fourth-order valence-corrected chi connectivity index (χ4v) is 3.00. The van der Waals surface area contributed by atoms with Gasteiger partial charge in [0.1, 0.15) is 5.54 Å². The van der Waals surface area contributed by atoms with Crippen LogP contribution in [0.25, 0.3) is 0 Å². The molecular weight excluding hydrogens is 260 g/mol. The second-order valence-corrected chi connectivity index (χ2v) is 6.51. The lowest BCUT2D eigenvalue weighted by Gasteiger charge is -2.38. The number of hydrogen-bond acceptors (Lipinski definition) is 4. The maximum absolute atomic E-state index is 9.49. The Hall–Kier alpha value is -1.73. The summed E-state index contributed by atoms with van der Waals surface area (Å²) < 4.78 is 0. The number of para-hydroxylation sites is 2. The van der Waals surface area contributed by atoms with Crippen LogP contribution < -0.4 is 15.1 Å². The lowest BCUT2D eigenvalue weighted by molar-refractivity contribution is 0.414. The van der Waals surface area contributed by atoms with Crippen molar-refractivity contribution in [2.75, 3.05) is 36.5 Å². The first-order chi connectivity index (χ1) is 10.1. The third-order valence-corrected chi connectivity index (χ3v) is 4.57. The van der Waals surface area contributed by atoms with E-state index >= 15 is 0 Å². The van der Waals surface area contributed by atoms with Crippen molar-refractivity contribution in [1.82, 2.24) is 5.32 Å². The molecule has 4 nitrogen and oxygen atoms in total. The Morgan fingerprint density at radius 1 is 1.29 bits per heavy atom. The fourth-order valence-electron chi connectivity index (χ4n) is 3.00. The van der Waals surface area contributed by atoms with Gasteiger partial charge in [-0.25, -0.2) is 0 Å². The van der Waals surface area contributed by atoms with Gasteiger partial charge in [-0.15, -0.1) is 0 Å². The highest BCUT2D eigenvalue weighted by atomic mass is 15.3. The van der Waals surface area contributed by atoms with E-state index in [-0.39, 0.29) is 0 Å². The van der Waals surface area contributed by atoms with E-state index < -0.39 is 5.54 Å². The van der Waals surface area contributed by atoms with Gasteiger partial charge in [0.25, 0.3) is 0 Å². The third kappa shape index (κ3) is 3.14. The highest BCUT2D eigenvalue weighted by Gasteiger charge is 2.33. The van der Waals surface area contributed by atoms with Crippen LogP contribution in [0.2, 0.25) is 0 Å². The predicted octanol–water partition coefficient (Wildman–Crippen LogP) is 2.37. The second kappa shape index (κ2) is 5.57. The molecule has 0 bridgehead atoms. The molecule has 1 aliphatic carbocycles. The minimum atomic E-state index is -0.403. The quantitative estimate of drug-likeness (QED) is 0.901. The zero-order chi connectivity index (χ0) is 14.9. The maximum atomic E-state index is 9.49. The number of hydrogen-bond donors (Lipinski definition) is 1. The molecule has 0 radical (unpaired) electrons. The van der Waals surface area contributed by atoms with Gasteiger partial charge in [0.05, 0.1) is 17.4 Å². The fraction of sp³-hybridized carbons (Fsp3) is 0.588. The topological polar surface area (TPSA) is 42.3 Å². The van der Waals surface area contributed by atoms with E-state index in [1.165, 1.54) is 24.2 Å². The minimum Gasteiger partial charge on any atom is -0.371 e. The molecule has 3 rings (SSSR count). The molecule has 0 aromatic heterocycles. The first kappa shape index (κ1) is 14.2. The number of anilines is 2.